The second-order valence-electron chi connectivity index (χ2n) is 5.79. The van der Waals surface area contributed by atoms with Crippen LogP contribution >= 0.6 is 0 Å². The molecule has 1 fully saturated rings. The van der Waals surface area contributed by atoms with Gasteiger partial charge in [-0.05, 0) is 6.07 Å². The van der Waals surface area contributed by atoms with Gasteiger partial charge in [0.2, 0.25) is 0 Å². The zero-order chi connectivity index (χ0) is 17.1. The number of hydrogen-bond acceptors (Lipinski definition) is 4. The lowest BCUT2D eigenvalue weighted by molar-refractivity contribution is 0.0215. The van der Waals surface area contributed by atoms with Crippen LogP contribution in [0.4, 0.5) is 0 Å². The number of likely N-dealkylation sites (tertiary alicyclic amines) is 1. The number of carbonyl (C=O) groups is 2. The number of ether oxygens (including phenoxy) is 1. The molecule has 2 aromatic rings. The predicted octanol–water partition coefficient (Wildman–Crippen LogP) is 1.75. The number of ketones is 1. The summed E-state index contributed by atoms with van der Waals surface area (Å²) in [6.07, 6.45) is -1.11. The molecule has 0 aromatic heterocycles. The molecule has 1 heterocycles. The molecule has 0 bridgehead atoms. The molecule has 1 N–H and O–H groups in total. The molecule has 5 heteroatoms. The number of aliphatic hydroxyl groups is 1. The Morgan fingerprint density at radius 3 is 2.25 bits per heavy atom. The first-order chi connectivity index (χ1) is 11.6. The largest absolute Gasteiger partial charge is 0.388 e. The number of benzene rings is 2. The SMILES string of the molecule is CO[C@@H]1CN(C(=O)c2ccccc2C(=O)c2ccccc2)C[C@H]1O. The summed E-state index contributed by atoms with van der Waals surface area (Å²) in [5.74, 6) is -0.462. The second kappa shape index (κ2) is 6.95. The molecule has 0 aliphatic carbocycles. The highest BCUT2D eigenvalue weighted by Crippen LogP contribution is 2.20. The minimum Gasteiger partial charge on any atom is -0.388 e. The fraction of sp³-hybridized carbons (Fsp3) is 0.263. The summed E-state index contributed by atoms with van der Waals surface area (Å²) < 4.78 is 5.18. The Balaban J connectivity index is 1.90. The van der Waals surface area contributed by atoms with Crippen molar-refractivity contribution in [2.24, 2.45) is 0 Å². The second-order valence-corrected chi connectivity index (χ2v) is 5.79. The molecule has 5 nitrogen and oxygen atoms in total. The molecule has 3 rings (SSSR count). The van der Waals surface area contributed by atoms with Gasteiger partial charge in [0.25, 0.3) is 5.91 Å². The molecule has 2 atom stereocenters. The van der Waals surface area contributed by atoms with Crippen molar-refractivity contribution in [2.75, 3.05) is 20.2 Å². The molecule has 1 amide bonds. The van der Waals surface area contributed by atoms with E-state index >= 15 is 0 Å². The van der Waals surface area contributed by atoms with E-state index in [1.54, 1.807) is 48.5 Å². The summed E-state index contributed by atoms with van der Waals surface area (Å²) in [7, 11) is 1.51. The number of β-amino-alcohol motifs (C(OH)–C–C–N with tert-alkyl or cyclic N) is 1. The molecule has 0 radical (unpaired) electrons. The number of methoxy groups -OCH3 is 1. The van der Waals surface area contributed by atoms with Crippen molar-refractivity contribution in [3.05, 3.63) is 71.3 Å². The molecule has 0 spiro atoms. The van der Waals surface area contributed by atoms with Crippen LogP contribution in [-0.4, -0.2) is 54.1 Å². The standard InChI is InChI=1S/C19H19NO4/c1-24-17-12-20(11-16(17)21)19(23)15-10-6-5-9-14(15)18(22)13-7-3-2-4-8-13/h2-10,16-17,21H,11-12H2,1H3/t16-,17-/m1/s1. The van der Waals surface area contributed by atoms with Crippen molar-refractivity contribution in [1.82, 2.24) is 4.90 Å². The average molecular weight is 325 g/mol. The molecular weight excluding hydrogens is 306 g/mol. The summed E-state index contributed by atoms with van der Waals surface area (Å²) in [5, 5.41) is 9.93. The van der Waals surface area contributed by atoms with Gasteiger partial charge in [0.15, 0.2) is 5.78 Å². The van der Waals surface area contributed by atoms with Crippen LogP contribution in [0.1, 0.15) is 26.3 Å². The number of rotatable bonds is 4. The van der Waals surface area contributed by atoms with Gasteiger partial charge < -0.3 is 14.7 Å². The Morgan fingerprint density at radius 1 is 1.00 bits per heavy atom. The zero-order valence-corrected chi connectivity index (χ0v) is 13.4. The first-order valence-corrected chi connectivity index (χ1v) is 7.80. The van der Waals surface area contributed by atoms with Crippen molar-refractivity contribution in [2.45, 2.75) is 12.2 Å². The van der Waals surface area contributed by atoms with Gasteiger partial charge in [-0.25, -0.2) is 0 Å². The maximum absolute atomic E-state index is 12.8. The van der Waals surface area contributed by atoms with Crippen LogP contribution in [-0.2, 0) is 4.74 Å². The van der Waals surface area contributed by atoms with Gasteiger partial charge in [0.1, 0.15) is 6.10 Å². The van der Waals surface area contributed by atoms with E-state index in [1.165, 1.54) is 12.0 Å². The maximum Gasteiger partial charge on any atom is 0.254 e. The maximum atomic E-state index is 12.8. The lowest BCUT2D eigenvalue weighted by Gasteiger charge is -2.17. The topological polar surface area (TPSA) is 66.8 Å². The van der Waals surface area contributed by atoms with E-state index in [-0.39, 0.29) is 18.2 Å². The zero-order valence-electron chi connectivity index (χ0n) is 13.4. The number of carbonyl (C=O) groups excluding carboxylic acids is 2. The van der Waals surface area contributed by atoms with Crippen LogP contribution in [0.15, 0.2) is 54.6 Å². The van der Waals surface area contributed by atoms with E-state index in [4.69, 9.17) is 4.74 Å². The highest BCUT2D eigenvalue weighted by Gasteiger charge is 2.35. The lowest BCUT2D eigenvalue weighted by Crippen LogP contribution is -2.31. The van der Waals surface area contributed by atoms with Crippen molar-refractivity contribution >= 4 is 11.7 Å². The normalized spacial score (nSPS) is 20.2. The Hall–Kier alpha value is -2.50. The van der Waals surface area contributed by atoms with E-state index in [0.717, 1.165) is 0 Å². The van der Waals surface area contributed by atoms with Gasteiger partial charge >= 0.3 is 0 Å². The van der Waals surface area contributed by atoms with Crippen LogP contribution in [0.2, 0.25) is 0 Å². The average Bonchev–Trinajstić information content (AvgIpc) is 3.02. The van der Waals surface area contributed by atoms with E-state index in [1.807, 2.05) is 6.07 Å². The highest BCUT2D eigenvalue weighted by atomic mass is 16.5. The molecule has 2 aromatic carbocycles. The van der Waals surface area contributed by atoms with Gasteiger partial charge in [-0.2, -0.15) is 0 Å². The molecule has 1 saturated heterocycles. The highest BCUT2D eigenvalue weighted by molar-refractivity contribution is 6.15. The van der Waals surface area contributed by atoms with Gasteiger partial charge in [-0.3, -0.25) is 9.59 Å². The molecular formula is C19H19NO4. The van der Waals surface area contributed by atoms with Crippen LogP contribution in [0.3, 0.4) is 0 Å². The molecule has 1 aliphatic rings. The quantitative estimate of drug-likeness (QED) is 0.870. The van der Waals surface area contributed by atoms with Crippen LogP contribution in [0.5, 0.6) is 0 Å². The van der Waals surface area contributed by atoms with E-state index in [9.17, 15) is 14.7 Å². The monoisotopic (exact) mass is 325 g/mol. The van der Waals surface area contributed by atoms with Crippen molar-refractivity contribution < 1.29 is 19.4 Å². The van der Waals surface area contributed by atoms with E-state index in [2.05, 4.69) is 0 Å². The smallest absolute Gasteiger partial charge is 0.254 e. The summed E-state index contributed by atoms with van der Waals surface area (Å²) >= 11 is 0. The van der Waals surface area contributed by atoms with Crippen LogP contribution < -0.4 is 0 Å². The Morgan fingerprint density at radius 2 is 1.62 bits per heavy atom. The third kappa shape index (κ3) is 3.09. The predicted molar refractivity (Wildman–Crippen MR) is 89.0 cm³/mol. The molecule has 1 aliphatic heterocycles. The minimum atomic E-state index is -0.712. The number of nitrogens with zero attached hydrogens (tertiary/aromatic N) is 1. The van der Waals surface area contributed by atoms with Crippen LogP contribution in [0, 0.1) is 0 Å². The fourth-order valence-corrected chi connectivity index (χ4v) is 2.94. The number of hydrogen-bond donors (Lipinski definition) is 1. The molecule has 0 unspecified atom stereocenters. The molecule has 24 heavy (non-hydrogen) atoms. The first-order valence-electron chi connectivity index (χ1n) is 7.80. The summed E-state index contributed by atoms with van der Waals surface area (Å²) in [5.41, 5.74) is 1.24. The number of aliphatic hydroxyl groups excluding tert-OH is 1. The summed E-state index contributed by atoms with van der Waals surface area (Å²) in [6, 6.07) is 15.6. The Kier molecular flexibility index (Phi) is 4.74. The Labute approximate surface area is 140 Å². The van der Waals surface area contributed by atoms with Gasteiger partial charge in [0, 0.05) is 31.3 Å². The third-order valence-corrected chi connectivity index (χ3v) is 4.26. The van der Waals surface area contributed by atoms with Gasteiger partial charge in [-0.1, -0.05) is 48.5 Å². The lowest BCUT2D eigenvalue weighted by atomic mass is 9.97. The van der Waals surface area contributed by atoms with Crippen molar-refractivity contribution in [1.29, 1.82) is 0 Å². The van der Waals surface area contributed by atoms with E-state index < -0.39 is 12.2 Å². The third-order valence-electron chi connectivity index (χ3n) is 4.26. The van der Waals surface area contributed by atoms with Gasteiger partial charge in [0.05, 0.1) is 11.7 Å². The van der Waals surface area contributed by atoms with Crippen molar-refractivity contribution in [3.63, 3.8) is 0 Å². The van der Waals surface area contributed by atoms with Gasteiger partial charge in [-0.15, -0.1) is 0 Å². The molecule has 0 saturated carbocycles. The van der Waals surface area contributed by atoms with Crippen molar-refractivity contribution in [3.8, 4) is 0 Å². The summed E-state index contributed by atoms with van der Waals surface area (Å²) in [6.45, 7) is 0.509. The first kappa shape index (κ1) is 16.4. The summed E-state index contributed by atoms with van der Waals surface area (Å²) in [4.78, 5) is 27.1. The minimum absolute atomic E-state index is 0.192. The molecule has 124 valence electrons. The fourth-order valence-electron chi connectivity index (χ4n) is 2.94. The van der Waals surface area contributed by atoms with E-state index in [0.29, 0.717) is 23.2 Å². The number of amides is 1. The van der Waals surface area contributed by atoms with Crippen LogP contribution in [0.25, 0.3) is 0 Å². The Bertz CT molecular complexity index is 744.